The molecule has 0 bridgehead atoms. The maximum atomic E-state index is 13.2. The fourth-order valence-corrected chi connectivity index (χ4v) is 5.37. The molecule has 0 saturated heterocycles. The number of aromatic nitrogens is 3. The van der Waals surface area contributed by atoms with E-state index in [0.29, 0.717) is 22.9 Å². The number of nitrogens with zero attached hydrogens (tertiary/aromatic N) is 3. The number of urea groups is 1. The Bertz CT molecular complexity index is 1880. The van der Waals surface area contributed by atoms with Crippen LogP contribution in [0.15, 0.2) is 107 Å². The van der Waals surface area contributed by atoms with Crippen LogP contribution in [-0.4, -0.2) is 43.8 Å². The molecule has 0 aliphatic heterocycles. The summed E-state index contributed by atoms with van der Waals surface area (Å²) in [7, 11) is 0. The lowest BCUT2D eigenvalue weighted by Crippen LogP contribution is -2.42. The highest BCUT2D eigenvalue weighted by atomic mass is 32.1. The summed E-state index contributed by atoms with van der Waals surface area (Å²) in [6.07, 6.45) is 0.320. The Morgan fingerprint density at radius 1 is 0.875 bits per heavy atom. The van der Waals surface area contributed by atoms with Gasteiger partial charge in [0.25, 0.3) is 0 Å². The number of rotatable bonds is 14. The third-order valence-corrected chi connectivity index (χ3v) is 7.76. The Balaban J connectivity index is 1.26. The second kappa shape index (κ2) is 16.5. The Hall–Kier alpha value is -6.02. The summed E-state index contributed by atoms with van der Waals surface area (Å²) in [5.41, 5.74) is 3.03. The molecule has 2 aromatic heterocycles. The van der Waals surface area contributed by atoms with Crippen LogP contribution in [-0.2, 0) is 35.8 Å². The number of carboxylic acids is 1. The molecule has 246 valence electrons. The van der Waals surface area contributed by atoms with Gasteiger partial charge in [-0.25, -0.2) is 19.4 Å². The summed E-state index contributed by atoms with van der Waals surface area (Å²) >= 11 is 1.26. The Labute approximate surface area is 279 Å². The molecule has 0 fully saturated rings. The lowest BCUT2D eigenvalue weighted by molar-refractivity contribution is -0.137. The van der Waals surface area contributed by atoms with E-state index in [9.17, 15) is 24.3 Å². The van der Waals surface area contributed by atoms with Gasteiger partial charge in [0.2, 0.25) is 0 Å². The van der Waals surface area contributed by atoms with Gasteiger partial charge in [-0.2, -0.15) is 4.98 Å². The number of amides is 3. The number of hydrogen-bond acceptors (Lipinski definition) is 9. The largest absolute Gasteiger partial charge is 0.481 e. The molecule has 5 aromatic rings. The highest BCUT2D eigenvalue weighted by molar-refractivity contribution is 7.13. The topological polar surface area (TPSA) is 177 Å². The molecule has 0 aliphatic rings. The molecule has 0 aliphatic carbocycles. The molecule has 48 heavy (non-hydrogen) atoms. The van der Waals surface area contributed by atoms with Crippen molar-refractivity contribution in [3.05, 3.63) is 130 Å². The van der Waals surface area contributed by atoms with E-state index in [1.165, 1.54) is 15.9 Å². The number of carbonyl (C=O) groups excluding carboxylic acids is 2. The molecule has 5 rings (SSSR count). The molecule has 5 N–H and O–H groups in total. The van der Waals surface area contributed by atoms with E-state index in [1.807, 2.05) is 78.9 Å². The summed E-state index contributed by atoms with van der Waals surface area (Å²) in [6.45, 7) is 0.421. The molecule has 0 saturated carbocycles. The maximum Gasteiger partial charge on any atom is 0.407 e. The number of thiazole rings is 1. The fourth-order valence-electron chi connectivity index (χ4n) is 4.67. The zero-order valence-electron chi connectivity index (χ0n) is 25.7. The van der Waals surface area contributed by atoms with E-state index in [-0.39, 0.29) is 31.5 Å². The number of hydrogen-bond donors (Lipinski definition) is 5. The number of ether oxygens (including phenoxy) is 1. The number of alkyl carbamates (subject to hydrolysis) is 1. The van der Waals surface area contributed by atoms with Crippen LogP contribution in [0.3, 0.4) is 0 Å². The lowest BCUT2D eigenvalue weighted by atomic mass is 10.1. The van der Waals surface area contributed by atoms with E-state index in [2.05, 4.69) is 31.2 Å². The van der Waals surface area contributed by atoms with E-state index in [1.54, 1.807) is 23.7 Å². The minimum atomic E-state index is -1.16. The molecule has 13 nitrogen and oxygen atoms in total. The van der Waals surface area contributed by atoms with E-state index < -0.39 is 30.2 Å². The predicted octanol–water partition coefficient (Wildman–Crippen LogP) is 5.07. The van der Waals surface area contributed by atoms with Crippen LogP contribution in [0.2, 0.25) is 0 Å². The van der Waals surface area contributed by atoms with Gasteiger partial charge in [0.1, 0.15) is 12.4 Å². The van der Waals surface area contributed by atoms with Gasteiger partial charge in [0.15, 0.2) is 5.13 Å². The predicted molar refractivity (Wildman–Crippen MR) is 181 cm³/mol. The average molecular weight is 668 g/mol. The van der Waals surface area contributed by atoms with Crippen molar-refractivity contribution >= 4 is 40.4 Å². The second-order valence-electron chi connectivity index (χ2n) is 10.6. The molecule has 14 heteroatoms. The number of carbonyl (C=O) groups is 3. The van der Waals surface area contributed by atoms with Crippen LogP contribution >= 0.6 is 11.3 Å². The van der Waals surface area contributed by atoms with Gasteiger partial charge < -0.3 is 25.8 Å². The summed E-state index contributed by atoms with van der Waals surface area (Å²) in [5, 5.41) is 22.9. The van der Waals surface area contributed by atoms with Crippen molar-refractivity contribution in [3.63, 3.8) is 0 Å². The minimum absolute atomic E-state index is 0.00445. The zero-order valence-corrected chi connectivity index (χ0v) is 26.5. The molecule has 0 radical (unpaired) electrons. The van der Waals surface area contributed by atoms with Crippen LogP contribution in [0.5, 0.6) is 0 Å². The van der Waals surface area contributed by atoms with E-state index in [0.717, 1.165) is 16.7 Å². The summed E-state index contributed by atoms with van der Waals surface area (Å²) < 4.78 is 6.52. The first-order valence-corrected chi connectivity index (χ1v) is 15.8. The van der Waals surface area contributed by atoms with Gasteiger partial charge in [-0.1, -0.05) is 91.0 Å². The monoisotopic (exact) mass is 667 g/mol. The van der Waals surface area contributed by atoms with Gasteiger partial charge in [0, 0.05) is 30.2 Å². The third kappa shape index (κ3) is 9.99. The fraction of sp³-hybridized carbons (Fsp3) is 0.176. The lowest BCUT2D eigenvalue weighted by Gasteiger charge is -2.19. The van der Waals surface area contributed by atoms with Gasteiger partial charge in [-0.3, -0.25) is 14.7 Å². The van der Waals surface area contributed by atoms with Crippen molar-refractivity contribution in [2.45, 2.75) is 38.7 Å². The summed E-state index contributed by atoms with van der Waals surface area (Å²) in [5.74, 6) is -0.868. The van der Waals surface area contributed by atoms with Crippen molar-refractivity contribution in [3.8, 4) is 11.1 Å². The normalized spacial score (nSPS) is 11.2. The molecule has 3 amide bonds. The van der Waals surface area contributed by atoms with Crippen LogP contribution in [0, 0.1) is 0 Å². The van der Waals surface area contributed by atoms with Crippen LogP contribution in [0.1, 0.15) is 23.2 Å². The Kier molecular flexibility index (Phi) is 11.5. The van der Waals surface area contributed by atoms with Gasteiger partial charge in [-0.05, 0) is 16.7 Å². The van der Waals surface area contributed by atoms with Crippen molar-refractivity contribution < 1.29 is 24.2 Å². The van der Waals surface area contributed by atoms with E-state index in [4.69, 9.17) is 4.74 Å². The van der Waals surface area contributed by atoms with Crippen molar-refractivity contribution in [1.29, 1.82) is 0 Å². The standard InChI is InChI=1S/C34H33N7O6S/c42-29(43)16-26(38-34(46)47-21-24-12-6-2-7-13-24)19-41-20-28(25-14-8-3-9-15-25)30(39-33(41)45)35-18-27-22-48-32(37-27)40-31(44)36-17-23-10-4-1-5-11-23/h1-15,20,22,26H,16-19,21H2,(H,38,46)(H,42,43)(H,35,39,45)(H2,36,37,40,44). The molecule has 2 heterocycles. The van der Waals surface area contributed by atoms with Gasteiger partial charge >= 0.3 is 23.8 Å². The van der Waals surface area contributed by atoms with Crippen molar-refractivity contribution in [1.82, 2.24) is 25.2 Å². The third-order valence-electron chi connectivity index (χ3n) is 6.96. The molecule has 1 unspecified atom stereocenters. The first-order valence-electron chi connectivity index (χ1n) is 15.0. The first kappa shape index (κ1) is 33.3. The van der Waals surface area contributed by atoms with Crippen molar-refractivity contribution in [2.75, 3.05) is 10.6 Å². The minimum Gasteiger partial charge on any atom is -0.481 e. The maximum absolute atomic E-state index is 13.2. The summed E-state index contributed by atoms with van der Waals surface area (Å²) in [6, 6.07) is 26.5. The second-order valence-corrected chi connectivity index (χ2v) is 11.5. The van der Waals surface area contributed by atoms with Crippen LogP contribution in [0.4, 0.5) is 20.5 Å². The molecule has 1 atom stereocenters. The summed E-state index contributed by atoms with van der Waals surface area (Å²) in [4.78, 5) is 58.4. The highest BCUT2D eigenvalue weighted by Gasteiger charge is 2.20. The Morgan fingerprint density at radius 2 is 1.54 bits per heavy atom. The van der Waals surface area contributed by atoms with Crippen molar-refractivity contribution in [2.24, 2.45) is 0 Å². The first-order chi connectivity index (χ1) is 23.3. The van der Waals surface area contributed by atoms with Gasteiger partial charge in [0.05, 0.1) is 24.7 Å². The van der Waals surface area contributed by atoms with Crippen LogP contribution < -0.4 is 27.0 Å². The molecule has 3 aromatic carbocycles. The van der Waals surface area contributed by atoms with Crippen LogP contribution in [0.25, 0.3) is 11.1 Å². The number of carboxylic acid groups (broad SMARTS) is 1. The Morgan fingerprint density at radius 3 is 2.23 bits per heavy atom. The number of aliphatic carboxylic acids is 1. The number of anilines is 2. The SMILES string of the molecule is O=C(O)CC(Cn1cc(-c2ccccc2)c(NCc2csc(NC(=O)NCc3ccccc3)n2)nc1=O)NC(=O)OCc1ccccc1. The average Bonchev–Trinajstić information content (AvgIpc) is 3.54. The zero-order chi connectivity index (χ0) is 33.7. The quantitative estimate of drug-likeness (QED) is 0.108. The molecule has 0 spiro atoms. The highest BCUT2D eigenvalue weighted by Crippen LogP contribution is 2.26. The molecular weight excluding hydrogens is 634 g/mol. The molecular formula is C34H33N7O6S. The number of nitrogens with one attached hydrogen (secondary N) is 4. The number of benzene rings is 3. The smallest absolute Gasteiger partial charge is 0.407 e. The van der Waals surface area contributed by atoms with E-state index >= 15 is 0 Å². The van der Waals surface area contributed by atoms with Gasteiger partial charge in [-0.15, -0.1) is 11.3 Å².